The molecular weight excluding hydrogens is 392 g/mol. The van der Waals surface area contributed by atoms with E-state index >= 15 is 0 Å². The number of hydrogen-bond acceptors (Lipinski definition) is 5. The van der Waals surface area contributed by atoms with Gasteiger partial charge in [0.1, 0.15) is 0 Å². The Morgan fingerprint density at radius 2 is 1.59 bits per heavy atom. The van der Waals surface area contributed by atoms with E-state index in [0.717, 1.165) is 5.56 Å². The maximum atomic E-state index is 12.6. The van der Waals surface area contributed by atoms with E-state index in [-0.39, 0.29) is 16.8 Å². The summed E-state index contributed by atoms with van der Waals surface area (Å²) < 4.78 is 37.0. The number of ether oxygens (including phenoxy) is 2. The first-order valence-electron chi connectivity index (χ1n) is 9.41. The zero-order chi connectivity index (χ0) is 21.6. The predicted octanol–water partition coefficient (Wildman–Crippen LogP) is 3.23. The molecule has 0 aliphatic heterocycles. The molecule has 158 valence electrons. The van der Waals surface area contributed by atoms with Gasteiger partial charge in [0, 0.05) is 18.7 Å². The molecule has 1 amide bonds. The molecule has 0 aliphatic rings. The summed E-state index contributed by atoms with van der Waals surface area (Å²) in [5.74, 6) is 0.899. The third kappa shape index (κ3) is 5.07. The molecule has 2 rings (SSSR count). The molecule has 0 spiro atoms. The number of amides is 1. The Labute approximate surface area is 172 Å². The molecule has 0 bridgehead atoms. The van der Waals surface area contributed by atoms with Crippen LogP contribution in [0.4, 0.5) is 0 Å². The number of carbonyl (C=O) groups excluding carboxylic acids is 1. The van der Waals surface area contributed by atoms with Gasteiger partial charge < -0.3 is 14.8 Å². The minimum Gasteiger partial charge on any atom is -0.493 e. The molecule has 0 saturated heterocycles. The van der Waals surface area contributed by atoms with Crippen molar-refractivity contribution in [2.24, 2.45) is 0 Å². The van der Waals surface area contributed by atoms with Gasteiger partial charge in [0.25, 0.3) is 5.91 Å². The lowest BCUT2D eigenvalue weighted by Crippen LogP contribution is -2.30. The molecule has 29 heavy (non-hydrogen) atoms. The average Bonchev–Trinajstić information content (AvgIpc) is 2.73. The van der Waals surface area contributed by atoms with Crippen molar-refractivity contribution >= 4 is 15.9 Å². The molecule has 0 fully saturated rings. The van der Waals surface area contributed by atoms with Crippen molar-refractivity contribution in [1.82, 2.24) is 9.62 Å². The summed E-state index contributed by atoms with van der Waals surface area (Å²) in [5, 5.41) is 2.91. The third-order valence-electron chi connectivity index (χ3n) is 4.71. The first kappa shape index (κ1) is 22.7. The summed E-state index contributed by atoms with van der Waals surface area (Å²) in [4.78, 5) is 12.8. The third-order valence-corrected chi connectivity index (χ3v) is 6.78. The number of nitrogens with one attached hydrogen (secondary N) is 1. The van der Waals surface area contributed by atoms with Crippen molar-refractivity contribution in [2.45, 2.75) is 31.7 Å². The van der Waals surface area contributed by atoms with Crippen molar-refractivity contribution in [3.05, 3.63) is 53.6 Å². The SMILES string of the molecule is CCN(CC)S(=O)(=O)c1ccc(C(=O)NC(C)c2ccc(OC)c(OC)c2)cc1. The molecule has 8 heteroatoms. The summed E-state index contributed by atoms with van der Waals surface area (Å²) in [6.45, 7) is 6.23. The highest BCUT2D eigenvalue weighted by Gasteiger charge is 2.22. The number of nitrogens with zero attached hydrogens (tertiary/aromatic N) is 1. The van der Waals surface area contributed by atoms with E-state index in [1.54, 1.807) is 34.1 Å². The van der Waals surface area contributed by atoms with Gasteiger partial charge in [0.05, 0.1) is 25.2 Å². The fourth-order valence-electron chi connectivity index (χ4n) is 2.98. The molecule has 0 aliphatic carbocycles. The van der Waals surface area contributed by atoms with E-state index < -0.39 is 10.0 Å². The lowest BCUT2D eigenvalue weighted by Gasteiger charge is -2.19. The molecule has 0 saturated carbocycles. The second kappa shape index (κ2) is 9.76. The fourth-order valence-corrected chi connectivity index (χ4v) is 4.43. The number of sulfonamides is 1. The molecular formula is C21H28N2O5S. The van der Waals surface area contributed by atoms with Gasteiger partial charge in [-0.2, -0.15) is 4.31 Å². The number of hydrogen-bond donors (Lipinski definition) is 1. The second-order valence-electron chi connectivity index (χ2n) is 6.42. The van der Waals surface area contributed by atoms with Gasteiger partial charge >= 0.3 is 0 Å². The van der Waals surface area contributed by atoms with Gasteiger partial charge in [0.2, 0.25) is 10.0 Å². The molecule has 1 atom stereocenters. The second-order valence-corrected chi connectivity index (χ2v) is 8.36. The van der Waals surface area contributed by atoms with Gasteiger partial charge in [-0.3, -0.25) is 4.79 Å². The first-order valence-corrected chi connectivity index (χ1v) is 10.8. The minimum atomic E-state index is -3.55. The quantitative estimate of drug-likeness (QED) is 0.673. The summed E-state index contributed by atoms with van der Waals surface area (Å²) in [6, 6.07) is 11.1. The Morgan fingerprint density at radius 1 is 1.00 bits per heavy atom. The Morgan fingerprint density at radius 3 is 2.10 bits per heavy atom. The van der Waals surface area contributed by atoms with Gasteiger partial charge in [-0.25, -0.2) is 8.42 Å². The zero-order valence-electron chi connectivity index (χ0n) is 17.4. The maximum absolute atomic E-state index is 12.6. The topological polar surface area (TPSA) is 84.9 Å². The van der Waals surface area contributed by atoms with Gasteiger partial charge in [-0.15, -0.1) is 0 Å². The molecule has 0 heterocycles. The number of rotatable bonds is 9. The van der Waals surface area contributed by atoms with Crippen molar-refractivity contribution < 1.29 is 22.7 Å². The standard InChI is InChI=1S/C21H28N2O5S/c1-6-23(7-2)29(25,26)18-11-8-16(9-12-18)21(24)22-15(3)17-10-13-19(27-4)20(14-17)28-5/h8-15H,6-7H2,1-5H3,(H,22,24). The van der Waals surface area contributed by atoms with Gasteiger partial charge in [0.15, 0.2) is 11.5 Å². The lowest BCUT2D eigenvalue weighted by atomic mass is 10.1. The predicted molar refractivity (Wildman–Crippen MR) is 112 cm³/mol. The van der Waals surface area contributed by atoms with Crippen LogP contribution in [0.1, 0.15) is 42.7 Å². The van der Waals surface area contributed by atoms with E-state index in [9.17, 15) is 13.2 Å². The van der Waals surface area contributed by atoms with Crippen LogP contribution < -0.4 is 14.8 Å². The highest BCUT2D eigenvalue weighted by atomic mass is 32.2. The molecule has 2 aromatic carbocycles. The van der Waals surface area contributed by atoms with E-state index in [1.165, 1.54) is 28.6 Å². The number of benzene rings is 2. The van der Waals surface area contributed by atoms with Crippen LogP contribution in [0.5, 0.6) is 11.5 Å². The highest BCUT2D eigenvalue weighted by Crippen LogP contribution is 2.30. The Kier molecular flexibility index (Phi) is 7.64. The van der Waals surface area contributed by atoms with Crippen molar-refractivity contribution in [1.29, 1.82) is 0 Å². The average molecular weight is 421 g/mol. The summed E-state index contributed by atoms with van der Waals surface area (Å²) in [6.07, 6.45) is 0. The maximum Gasteiger partial charge on any atom is 0.251 e. The molecule has 2 aromatic rings. The Bertz CT molecular complexity index is 938. The molecule has 7 nitrogen and oxygen atoms in total. The van der Waals surface area contributed by atoms with Crippen LogP contribution in [-0.4, -0.2) is 45.9 Å². The molecule has 0 aromatic heterocycles. The fraction of sp³-hybridized carbons (Fsp3) is 0.381. The van der Waals surface area contributed by atoms with Crippen LogP contribution in [0.3, 0.4) is 0 Å². The van der Waals surface area contributed by atoms with Gasteiger partial charge in [-0.05, 0) is 48.9 Å². The van der Waals surface area contributed by atoms with E-state index in [2.05, 4.69) is 5.32 Å². The Balaban J connectivity index is 2.15. The van der Waals surface area contributed by atoms with Crippen LogP contribution in [0, 0.1) is 0 Å². The van der Waals surface area contributed by atoms with Crippen molar-refractivity contribution in [3.63, 3.8) is 0 Å². The van der Waals surface area contributed by atoms with Crippen LogP contribution >= 0.6 is 0 Å². The molecule has 0 radical (unpaired) electrons. The summed E-state index contributed by atoms with van der Waals surface area (Å²) in [7, 11) is -0.432. The first-order chi connectivity index (χ1) is 13.8. The van der Waals surface area contributed by atoms with E-state index in [4.69, 9.17) is 9.47 Å². The number of carbonyl (C=O) groups is 1. The Hall–Kier alpha value is -2.58. The monoisotopic (exact) mass is 420 g/mol. The summed E-state index contributed by atoms with van der Waals surface area (Å²) >= 11 is 0. The smallest absolute Gasteiger partial charge is 0.251 e. The molecule has 1 unspecified atom stereocenters. The van der Waals surface area contributed by atoms with E-state index in [0.29, 0.717) is 30.2 Å². The highest BCUT2D eigenvalue weighted by molar-refractivity contribution is 7.89. The number of methoxy groups -OCH3 is 2. The van der Waals surface area contributed by atoms with Crippen molar-refractivity contribution in [2.75, 3.05) is 27.3 Å². The minimum absolute atomic E-state index is 0.172. The van der Waals surface area contributed by atoms with Gasteiger partial charge in [-0.1, -0.05) is 19.9 Å². The zero-order valence-corrected chi connectivity index (χ0v) is 18.2. The molecule has 1 N–H and O–H groups in total. The van der Waals surface area contributed by atoms with Crippen LogP contribution in [-0.2, 0) is 10.0 Å². The normalized spacial score (nSPS) is 12.5. The lowest BCUT2D eigenvalue weighted by molar-refractivity contribution is 0.0939. The van der Waals surface area contributed by atoms with Crippen LogP contribution in [0.25, 0.3) is 0 Å². The van der Waals surface area contributed by atoms with Crippen molar-refractivity contribution in [3.8, 4) is 11.5 Å². The largest absolute Gasteiger partial charge is 0.493 e. The van der Waals surface area contributed by atoms with Crippen LogP contribution in [0.2, 0.25) is 0 Å². The van der Waals surface area contributed by atoms with E-state index in [1.807, 2.05) is 19.1 Å². The van der Waals surface area contributed by atoms with Crippen LogP contribution in [0.15, 0.2) is 47.4 Å². The summed E-state index contributed by atoms with van der Waals surface area (Å²) in [5.41, 5.74) is 1.24.